The third-order valence-corrected chi connectivity index (χ3v) is 4.26. The van der Waals surface area contributed by atoms with E-state index in [2.05, 4.69) is 19.2 Å². The third-order valence-electron chi connectivity index (χ3n) is 4.26. The number of hydrogen-bond donors (Lipinski definition) is 1. The molecule has 98 valence electrons. The Bertz CT molecular complexity index is 272. The summed E-state index contributed by atoms with van der Waals surface area (Å²) < 4.78 is 5.23. The SMILES string of the molecule is CCOC(=O)C1(NCC2CC2)CC(C(C)C)C1. The van der Waals surface area contributed by atoms with Crippen LogP contribution >= 0.6 is 0 Å². The molecule has 0 aromatic heterocycles. The van der Waals surface area contributed by atoms with E-state index in [-0.39, 0.29) is 11.5 Å². The van der Waals surface area contributed by atoms with Crippen LogP contribution in [0.1, 0.15) is 46.5 Å². The molecule has 0 aliphatic heterocycles. The second-order valence-corrected chi connectivity index (χ2v) is 6.04. The molecule has 2 aliphatic carbocycles. The van der Waals surface area contributed by atoms with Crippen LogP contribution < -0.4 is 5.32 Å². The van der Waals surface area contributed by atoms with Crippen molar-refractivity contribution in [3.8, 4) is 0 Å². The number of ether oxygens (including phenoxy) is 1. The fourth-order valence-electron chi connectivity index (χ4n) is 2.62. The lowest BCUT2D eigenvalue weighted by Crippen LogP contribution is -2.62. The Kier molecular flexibility index (Phi) is 3.76. The maximum atomic E-state index is 12.1. The molecule has 1 N–H and O–H groups in total. The molecule has 0 bridgehead atoms. The predicted octanol–water partition coefficient (Wildman–Crippen LogP) is 2.35. The van der Waals surface area contributed by atoms with Crippen molar-refractivity contribution in [1.82, 2.24) is 5.32 Å². The monoisotopic (exact) mass is 239 g/mol. The zero-order valence-corrected chi connectivity index (χ0v) is 11.3. The van der Waals surface area contributed by atoms with Gasteiger partial charge in [-0.15, -0.1) is 0 Å². The number of esters is 1. The van der Waals surface area contributed by atoms with Gasteiger partial charge in [-0.25, -0.2) is 0 Å². The fraction of sp³-hybridized carbons (Fsp3) is 0.929. The zero-order chi connectivity index (χ0) is 12.5. The zero-order valence-electron chi connectivity index (χ0n) is 11.3. The van der Waals surface area contributed by atoms with E-state index in [1.165, 1.54) is 12.8 Å². The number of carbonyl (C=O) groups is 1. The van der Waals surface area contributed by atoms with Gasteiger partial charge in [-0.1, -0.05) is 13.8 Å². The minimum atomic E-state index is -0.354. The van der Waals surface area contributed by atoms with Gasteiger partial charge in [0.05, 0.1) is 6.61 Å². The Balaban J connectivity index is 1.90. The van der Waals surface area contributed by atoms with Crippen LogP contribution in [0.2, 0.25) is 0 Å². The van der Waals surface area contributed by atoms with Gasteiger partial charge in [0.1, 0.15) is 5.54 Å². The van der Waals surface area contributed by atoms with Gasteiger partial charge in [-0.2, -0.15) is 0 Å². The molecule has 0 atom stereocenters. The molecule has 2 aliphatic rings. The van der Waals surface area contributed by atoms with Crippen molar-refractivity contribution in [1.29, 1.82) is 0 Å². The van der Waals surface area contributed by atoms with Crippen LogP contribution in [0, 0.1) is 17.8 Å². The minimum Gasteiger partial charge on any atom is -0.465 e. The van der Waals surface area contributed by atoms with Crippen molar-refractivity contribution in [3.63, 3.8) is 0 Å². The normalized spacial score (nSPS) is 32.4. The molecular formula is C14H25NO2. The standard InChI is InChI=1S/C14H25NO2/c1-4-17-13(16)14(15-9-11-5-6-11)7-12(8-14)10(2)3/h10-12,15H,4-9H2,1-3H3. The summed E-state index contributed by atoms with van der Waals surface area (Å²) in [5.41, 5.74) is -0.354. The molecule has 2 saturated carbocycles. The molecule has 3 heteroatoms. The molecule has 0 radical (unpaired) electrons. The second-order valence-electron chi connectivity index (χ2n) is 6.04. The topological polar surface area (TPSA) is 38.3 Å². The van der Waals surface area contributed by atoms with E-state index in [4.69, 9.17) is 4.74 Å². The molecule has 0 aromatic rings. The number of rotatable bonds is 6. The van der Waals surface area contributed by atoms with E-state index in [1.54, 1.807) is 0 Å². The average molecular weight is 239 g/mol. The molecule has 0 saturated heterocycles. The highest BCUT2D eigenvalue weighted by atomic mass is 16.5. The van der Waals surface area contributed by atoms with Crippen LogP contribution in [0.3, 0.4) is 0 Å². The highest BCUT2D eigenvalue weighted by molar-refractivity contribution is 5.82. The van der Waals surface area contributed by atoms with Gasteiger partial charge in [-0.3, -0.25) is 4.79 Å². The van der Waals surface area contributed by atoms with Crippen molar-refractivity contribution >= 4 is 5.97 Å². The molecule has 0 aromatic carbocycles. The van der Waals surface area contributed by atoms with Gasteiger partial charge in [0, 0.05) is 0 Å². The first kappa shape index (κ1) is 12.9. The average Bonchev–Trinajstić information content (AvgIpc) is 2.99. The van der Waals surface area contributed by atoms with Gasteiger partial charge in [0.15, 0.2) is 0 Å². The maximum absolute atomic E-state index is 12.1. The summed E-state index contributed by atoms with van der Waals surface area (Å²) in [5, 5.41) is 3.49. The Hall–Kier alpha value is -0.570. The van der Waals surface area contributed by atoms with Crippen LogP contribution in [-0.4, -0.2) is 24.7 Å². The van der Waals surface area contributed by atoms with Gasteiger partial charge in [0.2, 0.25) is 0 Å². The minimum absolute atomic E-state index is 0.0300. The summed E-state index contributed by atoms with van der Waals surface area (Å²) >= 11 is 0. The van der Waals surface area contributed by atoms with Crippen LogP contribution in [-0.2, 0) is 9.53 Å². The Morgan fingerprint density at radius 3 is 2.53 bits per heavy atom. The lowest BCUT2D eigenvalue weighted by atomic mass is 9.64. The number of carbonyl (C=O) groups excluding carboxylic acids is 1. The highest BCUT2D eigenvalue weighted by Crippen LogP contribution is 2.43. The van der Waals surface area contributed by atoms with Crippen LogP contribution in [0.25, 0.3) is 0 Å². The van der Waals surface area contributed by atoms with E-state index < -0.39 is 0 Å². The molecule has 0 heterocycles. The van der Waals surface area contributed by atoms with Crippen molar-refractivity contribution in [3.05, 3.63) is 0 Å². The summed E-state index contributed by atoms with van der Waals surface area (Å²) in [7, 11) is 0. The summed E-state index contributed by atoms with van der Waals surface area (Å²) in [6, 6.07) is 0. The van der Waals surface area contributed by atoms with Gasteiger partial charge >= 0.3 is 5.97 Å². The Morgan fingerprint density at radius 2 is 2.06 bits per heavy atom. The molecule has 0 unspecified atom stereocenters. The van der Waals surface area contributed by atoms with E-state index in [0.29, 0.717) is 18.4 Å². The van der Waals surface area contributed by atoms with E-state index >= 15 is 0 Å². The second kappa shape index (κ2) is 4.97. The van der Waals surface area contributed by atoms with Gasteiger partial charge in [0.25, 0.3) is 0 Å². The Labute approximate surface area is 104 Å². The molecule has 2 rings (SSSR count). The van der Waals surface area contributed by atoms with E-state index in [1.807, 2.05) is 6.92 Å². The Morgan fingerprint density at radius 1 is 1.41 bits per heavy atom. The predicted molar refractivity (Wildman–Crippen MR) is 67.7 cm³/mol. The lowest BCUT2D eigenvalue weighted by Gasteiger charge is -2.48. The van der Waals surface area contributed by atoms with E-state index in [9.17, 15) is 4.79 Å². The van der Waals surface area contributed by atoms with Gasteiger partial charge < -0.3 is 10.1 Å². The van der Waals surface area contributed by atoms with Crippen molar-refractivity contribution < 1.29 is 9.53 Å². The maximum Gasteiger partial charge on any atom is 0.326 e. The van der Waals surface area contributed by atoms with Crippen LogP contribution in [0.15, 0.2) is 0 Å². The van der Waals surface area contributed by atoms with Crippen LogP contribution in [0.4, 0.5) is 0 Å². The number of nitrogens with one attached hydrogen (secondary N) is 1. The fourth-order valence-corrected chi connectivity index (χ4v) is 2.62. The molecular weight excluding hydrogens is 214 g/mol. The van der Waals surface area contributed by atoms with Crippen LogP contribution in [0.5, 0.6) is 0 Å². The first-order chi connectivity index (χ1) is 8.07. The molecule has 0 spiro atoms. The largest absolute Gasteiger partial charge is 0.465 e. The van der Waals surface area contributed by atoms with Crippen molar-refractivity contribution in [2.24, 2.45) is 17.8 Å². The lowest BCUT2D eigenvalue weighted by molar-refractivity contribution is -0.159. The van der Waals surface area contributed by atoms with E-state index in [0.717, 1.165) is 25.3 Å². The molecule has 17 heavy (non-hydrogen) atoms. The first-order valence-electron chi connectivity index (χ1n) is 6.99. The summed E-state index contributed by atoms with van der Waals surface area (Å²) in [4.78, 5) is 12.1. The summed E-state index contributed by atoms with van der Waals surface area (Å²) in [6.07, 6.45) is 4.55. The quantitative estimate of drug-likeness (QED) is 0.723. The first-order valence-corrected chi connectivity index (χ1v) is 6.99. The molecule has 2 fully saturated rings. The van der Waals surface area contributed by atoms with Crippen molar-refractivity contribution in [2.45, 2.75) is 52.0 Å². The van der Waals surface area contributed by atoms with Crippen molar-refractivity contribution in [2.75, 3.05) is 13.2 Å². The summed E-state index contributed by atoms with van der Waals surface area (Å²) in [5.74, 6) is 2.11. The smallest absolute Gasteiger partial charge is 0.326 e. The summed E-state index contributed by atoms with van der Waals surface area (Å²) in [6.45, 7) is 7.83. The highest BCUT2D eigenvalue weighted by Gasteiger charge is 2.52. The third kappa shape index (κ3) is 2.82. The molecule has 0 amide bonds. The number of hydrogen-bond acceptors (Lipinski definition) is 3. The molecule has 3 nitrogen and oxygen atoms in total. The van der Waals surface area contributed by atoms with Gasteiger partial charge in [-0.05, 0) is 56.9 Å².